The molecule has 0 saturated carbocycles. The van der Waals surface area contributed by atoms with Crippen molar-refractivity contribution in [1.82, 2.24) is 9.97 Å². The Bertz CT molecular complexity index is 615. The highest BCUT2D eigenvalue weighted by Gasteiger charge is 2.35. The van der Waals surface area contributed by atoms with Crippen molar-refractivity contribution in [2.45, 2.75) is 12.8 Å². The number of alkyl halides is 3. The molecule has 1 N–H and O–H groups in total. The first-order chi connectivity index (χ1) is 9.45. The van der Waals surface area contributed by atoms with Crippen molar-refractivity contribution in [3.63, 3.8) is 0 Å². The van der Waals surface area contributed by atoms with Gasteiger partial charge in [-0.2, -0.15) is 13.2 Å². The molecule has 0 fully saturated rings. The maximum absolute atomic E-state index is 13.1. The molecule has 1 aromatic carbocycles. The lowest BCUT2D eigenvalue weighted by molar-refractivity contribution is -0.137. The second kappa shape index (κ2) is 5.46. The number of aromatic nitrogens is 2. The number of benzene rings is 1. The van der Waals surface area contributed by atoms with Gasteiger partial charge < -0.3 is 9.84 Å². The fraction of sp³-hybridized carbons (Fsp3) is 0.231. The molecule has 2 aromatic rings. The molecule has 0 unspecified atom stereocenters. The van der Waals surface area contributed by atoms with Crippen molar-refractivity contribution in [1.29, 1.82) is 0 Å². The third kappa shape index (κ3) is 2.88. The number of aliphatic hydroxyl groups is 1. The minimum absolute atomic E-state index is 0.0912. The molecule has 1 aromatic heterocycles. The van der Waals surface area contributed by atoms with Gasteiger partial charge in [-0.1, -0.05) is 0 Å². The van der Waals surface area contributed by atoms with Crippen molar-refractivity contribution in [3.05, 3.63) is 41.7 Å². The zero-order chi connectivity index (χ0) is 14.8. The normalized spacial score (nSPS) is 11.4. The van der Waals surface area contributed by atoms with Crippen LogP contribution in [-0.2, 0) is 12.8 Å². The summed E-state index contributed by atoms with van der Waals surface area (Å²) in [5, 5.41) is 8.99. The van der Waals surface area contributed by atoms with Gasteiger partial charge >= 0.3 is 6.18 Å². The van der Waals surface area contributed by atoms with Crippen LogP contribution < -0.4 is 4.74 Å². The second-order valence-electron chi connectivity index (χ2n) is 3.94. The number of nitrogens with zero attached hydrogens (tertiary/aromatic N) is 2. The minimum Gasteiger partial charge on any atom is -0.497 e. The third-order valence-electron chi connectivity index (χ3n) is 2.65. The van der Waals surface area contributed by atoms with Crippen LogP contribution in [0.15, 0.2) is 30.5 Å². The first kappa shape index (κ1) is 14.3. The van der Waals surface area contributed by atoms with Crippen molar-refractivity contribution < 1.29 is 23.0 Å². The van der Waals surface area contributed by atoms with Gasteiger partial charge in [-0.3, -0.25) is 0 Å². The van der Waals surface area contributed by atoms with Crippen molar-refractivity contribution in [2.24, 2.45) is 0 Å². The molecule has 0 saturated heterocycles. The molecule has 0 atom stereocenters. The van der Waals surface area contributed by atoms with E-state index in [1.54, 1.807) is 0 Å². The second-order valence-corrected chi connectivity index (χ2v) is 3.94. The first-order valence-corrected chi connectivity index (χ1v) is 5.64. The van der Waals surface area contributed by atoms with E-state index in [0.717, 1.165) is 6.07 Å². The van der Waals surface area contributed by atoms with E-state index in [9.17, 15) is 13.2 Å². The first-order valence-electron chi connectivity index (χ1n) is 5.64. The highest BCUT2D eigenvalue weighted by molar-refractivity contribution is 5.62. The minimum atomic E-state index is -4.55. The Balaban J connectivity index is 2.60. The molecule has 20 heavy (non-hydrogen) atoms. The summed E-state index contributed by atoms with van der Waals surface area (Å²) in [4.78, 5) is 7.71. The summed E-state index contributed by atoms with van der Waals surface area (Å²) in [7, 11) is 1.29. The standard InChI is InChI=1S/C13H11F3N2O2/c1-20-9-2-3-10(11(6-9)13(14,15)16)12-17-5-4-8(7-19)18-12/h2-6,19H,7H2,1H3. The number of hydrogen-bond acceptors (Lipinski definition) is 4. The largest absolute Gasteiger partial charge is 0.497 e. The lowest BCUT2D eigenvalue weighted by Crippen LogP contribution is -2.09. The molecule has 0 bridgehead atoms. The van der Waals surface area contributed by atoms with Crippen LogP contribution in [0.1, 0.15) is 11.3 Å². The molecule has 0 aliphatic rings. The molecule has 0 spiro atoms. The van der Waals surface area contributed by atoms with E-state index >= 15 is 0 Å². The molecule has 1 heterocycles. The van der Waals surface area contributed by atoms with Gasteiger partial charge in [0.05, 0.1) is 25.0 Å². The quantitative estimate of drug-likeness (QED) is 0.941. The van der Waals surface area contributed by atoms with Gasteiger partial charge in [0.15, 0.2) is 5.82 Å². The van der Waals surface area contributed by atoms with Gasteiger partial charge in [0.1, 0.15) is 5.75 Å². The molecule has 0 aliphatic heterocycles. The van der Waals surface area contributed by atoms with Crippen LogP contribution in [0.2, 0.25) is 0 Å². The summed E-state index contributed by atoms with van der Waals surface area (Å²) in [6.07, 6.45) is -3.25. The zero-order valence-corrected chi connectivity index (χ0v) is 10.5. The van der Waals surface area contributed by atoms with Gasteiger partial charge in [-0.05, 0) is 24.3 Å². The van der Waals surface area contributed by atoms with E-state index in [0.29, 0.717) is 0 Å². The number of rotatable bonds is 3. The van der Waals surface area contributed by atoms with E-state index in [1.165, 1.54) is 31.5 Å². The van der Waals surface area contributed by atoms with Gasteiger partial charge in [0.2, 0.25) is 0 Å². The maximum atomic E-state index is 13.1. The summed E-state index contributed by atoms with van der Waals surface area (Å²) in [5.74, 6) is 0.00548. The summed E-state index contributed by atoms with van der Waals surface area (Å²) in [6, 6.07) is 4.97. The Morgan fingerprint density at radius 2 is 2.00 bits per heavy atom. The predicted octanol–water partition coefficient (Wildman–Crippen LogP) is 2.66. The number of halogens is 3. The molecular formula is C13H11F3N2O2. The number of aliphatic hydroxyl groups excluding tert-OH is 1. The Morgan fingerprint density at radius 1 is 1.25 bits per heavy atom. The lowest BCUT2D eigenvalue weighted by Gasteiger charge is -2.13. The smallest absolute Gasteiger partial charge is 0.417 e. The van der Waals surface area contributed by atoms with Crippen molar-refractivity contribution in [2.75, 3.05) is 7.11 Å². The summed E-state index contributed by atoms with van der Waals surface area (Å²) < 4.78 is 44.0. The highest BCUT2D eigenvalue weighted by Crippen LogP contribution is 2.38. The number of hydrogen-bond donors (Lipinski definition) is 1. The van der Waals surface area contributed by atoms with Crippen LogP contribution in [-0.4, -0.2) is 22.2 Å². The van der Waals surface area contributed by atoms with Crippen LogP contribution >= 0.6 is 0 Å². The van der Waals surface area contributed by atoms with Gasteiger partial charge in [-0.15, -0.1) is 0 Å². The number of methoxy groups -OCH3 is 1. The molecule has 0 aliphatic carbocycles. The molecule has 0 radical (unpaired) electrons. The molecule has 2 rings (SSSR count). The van der Waals surface area contributed by atoms with Gasteiger partial charge in [-0.25, -0.2) is 9.97 Å². The molecular weight excluding hydrogens is 273 g/mol. The fourth-order valence-electron chi connectivity index (χ4n) is 1.69. The molecule has 106 valence electrons. The fourth-order valence-corrected chi connectivity index (χ4v) is 1.69. The molecule has 7 heteroatoms. The summed E-state index contributed by atoms with van der Waals surface area (Å²) in [6.45, 7) is -0.368. The lowest BCUT2D eigenvalue weighted by atomic mass is 10.1. The van der Waals surface area contributed by atoms with E-state index in [2.05, 4.69) is 9.97 Å². The van der Waals surface area contributed by atoms with Crippen LogP contribution in [0.25, 0.3) is 11.4 Å². The van der Waals surface area contributed by atoms with E-state index < -0.39 is 11.7 Å². The molecule has 0 amide bonds. The van der Waals surface area contributed by atoms with Gasteiger partial charge in [0.25, 0.3) is 0 Å². The Hall–Kier alpha value is -2.15. The SMILES string of the molecule is COc1ccc(-c2nccc(CO)n2)c(C(F)(F)F)c1. The van der Waals surface area contributed by atoms with Crippen molar-refractivity contribution >= 4 is 0 Å². The average molecular weight is 284 g/mol. The Labute approximate surface area is 112 Å². The summed E-state index contributed by atoms with van der Waals surface area (Å²) >= 11 is 0. The highest BCUT2D eigenvalue weighted by atomic mass is 19.4. The van der Waals surface area contributed by atoms with E-state index in [1.807, 2.05) is 0 Å². The monoisotopic (exact) mass is 284 g/mol. The molecule has 4 nitrogen and oxygen atoms in total. The van der Waals surface area contributed by atoms with Crippen molar-refractivity contribution in [3.8, 4) is 17.1 Å². The van der Waals surface area contributed by atoms with Crippen LogP contribution in [0.3, 0.4) is 0 Å². The Morgan fingerprint density at radius 3 is 2.60 bits per heavy atom. The number of ether oxygens (including phenoxy) is 1. The van der Waals surface area contributed by atoms with Gasteiger partial charge in [0, 0.05) is 11.8 Å². The van der Waals surface area contributed by atoms with E-state index in [-0.39, 0.29) is 29.4 Å². The predicted molar refractivity (Wildman–Crippen MR) is 64.9 cm³/mol. The zero-order valence-electron chi connectivity index (χ0n) is 10.5. The van der Waals surface area contributed by atoms with Crippen LogP contribution in [0.5, 0.6) is 5.75 Å². The topological polar surface area (TPSA) is 55.2 Å². The van der Waals surface area contributed by atoms with Crippen LogP contribution in [0, 0.1) is 0 Å². The maximum Gasteiger partial charge on any atom is 0.417 e. The summed E-state index contributed by atoms with van der Waals surface area (Å²) in [5.41, 5.74) is -0.792. The third-order valence-corrected chi connectivity index (χ3v) is 2.65. The van der Waals surface area contributed by atoms with E-state index in [4.69, 9.17) is 9.84 Å². The Kier molecular flexibility index (Phi) is 3.89. The van der Waals surface area contributed by atoms with Crippen LogP contribution in [0.4, 0.5) is 13.2 Å². The average Bonchev–Trinajstić information content (AvgIpc) is 2.45.